The number of hydrogen-bond acceptors (Lipinski definition) is 5. The molecule has 118 valence electrons. The number of nitriles is 1. The number of phenols is 1. The zero-order valence-electron chi connectivity index (χ0n) is 12.9. The molecule has 0 aliphatic heterocycles. The Kier molecular flexibility index (Phi) is 4.94. The van der Waals surface area contributed by atoms with Crippen molar-refractivity contribution >= 4 is 5.78 Å². The van der Waals surface area contributed by atoms with Crippen LogP contribution in [0.15, 0.2) is 35.3 Å². The molecular weight excluding hydrogens is 296 g/mol. The van der Waals surface area contributed by atoms with Crippen LogP contribution in [-0.4, -0.2) is 29.2 Å². The Labute approximate surface area is 133 Å². The number of aromatic nitrogens is 1. The summed E-state index contributed by atoms with van der Waals surface area (Å²) in [5.74, 6) is -0.595. The highest BCUT2D eigenvalue weighted by molar-refractivity contribution is 6.10. The van der Waals surface area contributed by atoms with Crippen molar-refractivity contribution in [1.29, 1.82) is 5.26 Å². The first-order valence-corrected chi connectivity index (χ1v) is 6.95. The Morgan fingerprint density at radius 2 is 2.13 bits per heavy atom. The van der Waals surface area contributed by atoms with E-state index >= 15 is 0 Å². The van der Waals surface area contributed by atoms with Gasteiger partial charge in [-0.15, -0.1) is 0 Å². The predicted octanol–water partition coefficient (Wildman–Crippen LogP) is 1.61. The van der Waals surface area contributed by atoms with Gasteiger partial charge in [0.05, 0.1) is 12.2 Å². The molecular formula is C17H16N2O4. The third-order valence-corrected chi connectivity index (χ3v) is 3.40. The lowest BCUT2D eigenvalue weighted by Crippen LogP contribution is -2.25. The second-order valence-electron chi connectivity index (χ2n) is 5.10. The number of aryl methyl sites for hydroxylation is 1. The minimum absolute atomic E-state index is 0.126. The molecule has 0 aliphatic carbocycles. The topological polar surface area (TPSA) is 92.3 Å². The lowest BCUT2D eigenvalue weighted by Gasteiger charge is -2.10. The summed E-state index contributed by atoms with van der Waals surface area (Å²) in [5, 5.41) is 19.0. The van der Waals surface area contributed by atoms with Crippen LogP contribution in [0.5, 0.6) is 5.75 Å². The quantitative estimate of drug-likeness (QED) is 0.847. The first-order valence-electron chi connectivity index (χ1n) is 6.95. The van der Waals surface area contributed by atoms with Crippen LogP contribution in [-0.2, 0) is 11.3 Å². The SMILES string of the molecule is COCCn1cc(C(=O)c2cc(C)ccc2O)cc(C#N)c1=O. The summed E-state index contributed by atoms with van der Waals surface area (Å²) >= 11 is 0. The molecule has 0 atom stereocenters. The van der Waals surface area contributed by atoms with E-state index in [1.807, 2.05) is 0 Å². The van der Waals surface area contributed by atoms with E-state index in [9.17, 15) is 14.7 Å². The number of benzene rings is 1. The molecule has 2 rings (SSSR count). The molecule has 0 aliphatic rings. The maximum Gasteiger partial charge on any atom is 0.268 e. The van der Waals surface area contributed by atoms with Crippen LogP contribution < -0.4 is 5.56 Å². The van der Waals surface area contributed by atoms with Gasteiger partial charge in [0.25, 0.3) is 5.56 Å². The highest BCUT2D eigenvalue weighted by atomic mass is 16.5. The zero-order valence-corrected chi connectivity index (χ0v) is 12.9. The van der Waals surface area contributed by atoms with Gasteiger partial charge >= 0.3 is 0 Å². The number of carbonyl (C=O) groups excluding carboxylic acids is 1. The Hall–Kier alpha value is -2.91. The summed E-state index contributed by atoms with van der Waals surface area (Å²) in [4.78, 5) is 24.7. The van der Waals surface area contributed by atoms with Gasteiger partial charge in [0.2, 0.25) is 0 Å². The maximum atomic E-state index is 12.6. The van der Waals surface area contributed by atoms with Gasteiger partial charge in [0, 0.05) is 25.4 Å². The molecule has 0 saturated carbocycles. The van der Waals surface area contributed by atoms with Crippen molar-refractivity contribution in [2.75, 3.05) is 13.7 Å². The molecule has 0 radical (unpaired) electrons. The minimum Gasteiger partial charge on any atom is -0.507 e. The van der Waals surface area contributed by atoms with Crippen LogP contribution in [0, 0.1) is 18.3 Å². The van der Waals surface area contributed by atoms with Gasteiger partial charge in [-0.1, -0.05) is 11.6 Å². The third kappa shape index (κ3) is 3.47. The zero-order chi connectivity index (χ0) is 17.0. The van der Waals surface area contributed by atoms with E-state index in [2.05, 4.69) is 0 Å². The summed E-state index contributed by atoms with van der Waals surface area (Å²) in [5.41, 5.74) is 0.511. The number of nitrogens with zero attached hydrogens (tertiary/aromatic N) is 2. The van der Waals surface area contributed by atoms with Crippen LogP contribution in [0.3, 0.4) is 0 Å². The monoisotopic (exact) mass is 312 g/mol. The number of carbonyl (C=O) groups is 1. The second-order valence-corrected chi connectivity index (χ2v) is 5.10. The van der Waals surface area contributed by atoms with Crippen molar-refractivity contribution < 1.29 is 14.6 Å². The highest BCUT2D eigenvalue weighted by Crippen LogP contribution is 2.21. The largest absolute Gasteiger partial charge is 0.507 e. The summed E-state index contributed by atoms with van der Waals surface area (Å²) in [7, 11) is 1.50. The molecule has 6 nitrogen and oxygen atoms in total. The lowest BCUT2D eigenvalue weighted by molar-refractivity contribution is 0.103. The van der Waals surface area contributed by atoms with Crippen molar-refractivity contribution in [3.8, 4) is 11.8 Å². The first-order chi connectivity index (χ1) is 11.0. The van der Waals surface area contributed by atoms with Crippen molar-refractivity contribution in [3.05, 3.63) is 63.1 Å². The molecule has 1 aromatic heterocycles. The number of methoxy groups -OCH3 is 1. The van der Waals surface area contributed by atoms with Crippen molar-refractivity contribution in [2.45, 2.75) is 13.5 Å². The average molecular weight is 312 g/mol. The molecule has 0 fully saturated rings. The minimum atomic E-state index is -0.477. The fourth-order valence-electron chi connectivity index (χ4n) is 2.18. The third-order valence-electron chi connectivity index (χ3n) is 3.40. The molecule has 23 heavy (non-hydrogen) atoms. The smallest absolute Gasteiger partial charge is 0.268 e. The average Bonchev–Trinajstić information content (AvgIpc) is 2.55. The molecule has 0 saturated heterocycles. The van der Waals surface area contributed by atoms with Gasteiger partial charge in [0.1, 0.15) is 17.4 Å². The number of phenolic OH excluding ortho intramolecular Hbond substituents is 1. The molecule has 1 N–H and O–H groups in total. The predicted molar refractivity (Wildman–Crippen MR) is 83.6 cm³/mol. The molecule has 6 heteroatoms. The summed E-state index contributed by atoms with van der Waals surface area (Å²) in [6.07, 6.45) is 1.38. The molecule has 0 amide bonds. The van der Waals surface area contributed by atoms with E-state index in [4.69, 9.17) is 10.00 Å². The fourth-order valence-corrected chi connectivity index (χ4v) is 2.18. The molecule has 0 unspecified atom stereocenters. The normalized spacial score (nSPS) is 10.3. The van der Waals surface area contributed by atoms with Gasteiger partial charge in [-0.05, 0) is 25.1 Å². The van der Waals surface area contributed by atoms with E-state index in [1.165, 1.54) is 30.0 Å². The lowest BCUT2D eigenvalue weighted by atomic mass is 10.0. The number of hydrogen-bond donors (Lipinski definition) is 1. The van der Waals surface area contributed by atoms with Crippen LogP contribution in [0.25, 0.3) is 0 Å². The summed E-state index contributed by atoms with van der Waals surface area (Å²) in [6, 6.07) is 7.73. The number of aromatic hydroxyl groups is 1. The van der Waals surface area contributed by atoms with Crippen LogP contribution in [0.1, 0.15) is 27.0 Å². The Balaban J connectivity index is 2.54. The number of pyridine rings is 1. The van der Waals surface area contributed by atoms with Gasteiger partial charge in [0.15, 0.2) is 5.78 Å². The van der Waals surface area contributed by atoms with Crippen molar-refractivity contribution in [3.63, 3.8) is 0 Å². The molecule has 1 aromatic carbocycles. The van der Waals surface area contributed by atoms with Crippen molar-refractivity contribution in [1.82, 2.24) is 4.57 Å². The maximum absolute atomic E-state index is 12.6. The van der Waals surface area contributed by atoms with Gasteiger partial charge in [-0.2, -0.15) is 5.26 Å². The van der Waals surface area contributed by atoms with Crippen molar-refractivity contribution in [2.24, 2.45) is 0 Å². The molecule has 0 spiro atoms. The van der Waals surface area contributed by atoms with Gasteiger partial charge < -0.3 is 14.4 Å². The van der Waals surface area contributed by atoms with E-state index in [0.29, 0.717) is 0 Å². The Morgan fingerprint density at radius 3 is 2.78 bits per heavy atom. The molecule has 2 aromatic rings. The first kappa shape index (κ1) is 16.5. The highest BCUT2D eigenvalue weighted by Gasteiger charge is 2.17. The number of rotatable bonds is 5. The molecule has 0 bridgehead atoms. The van der Waals surface area contributed by atoms with E-state index < -0.39 is 11.3 Å². The number of ether oxygens (including phenoxy) is 1. The van der Waals surface area contributed by atoms with Crippen LogP contribution in [0.4, 0.5) is 0 Å². The summed E-state index contributed by atoms with van der Waals surface area (Å²) in [6.45, 7) is 2.31. The Morgan fingerprint density at radius 1 is 1.39 bits per heavy atom. The Bertz CT molecular complexity index is 847. The van der Waals surface area contributed by atoms with Crippen LogP contribution >= 0.6 is 0 Å². The summed E-state index contributed by atoms with van der Waals surface area (Å²) < 4.78 is 6.19. The van der Waals surface area contributed by atoms with Gasteiger partial charge in [-0.25, -0.2) is 0 Å². The fraction of sp³-hybridized carbons (Fsp3) is 0.235. The van der Waals surface area contributed by atoms with E-state index in [1.54, 1.807) is 25.1 Å². The standard InChI is InChI=1S/C17H16N2O4/c1-11-3-4-15(20)14(7-11)16(21)13-8-12(9-18)17(22)19(10-13)5-6-23-2/h3-4,7-8,10,20H,5-6H2,1-2H3. The van der Waals surface area contributed by atoms with E-state index in [0.717, 1.165) is 5.56 Å². The van der Waals surface area contributed by atoms with Crippen LogP contribution in [0.2, 0.25) is 0 Å². The molecule has 1 heterocycles. The van der Waals surface area contributed by atoms with E-state index in [-0.39, 0.29) is 35.6 Å². The number of ketones is 1. The second kappa shape index (κ2) is 6.90. The van der Waals surface area contributed by atoms with Gasteiger partial charge in [-0.3, -0.25) is 9.59 Å².